The lowest BCUT2D eigenvalue weighted by atomic mass is 9.95. The van der Waals surface area contributed by atoms with Gasteiger partial charge in [0.15, 0.2) is 0 Å². The number of primary amides is 1. The third-order valence-corrected chi connectivity index (χ3v) is 2.92. The molecule has 0 aliphatic rings. The zero-order chi connectivity index (χ0) is 12.4. The highest BCUT2D eigenvalue weighted by atomic mass is 16.1. The van der Waals surface area contributed by atoms with Gasteiger partial charge in [0.25, 0.3) is 0 Å². The first-order valence-corrected chi connectivity index (χ1v) is 5.56. The van der Waals surface area contributed by atoms with Crippen LogP contribution in [0, 0.1) is 13.8 Å². The fourth-order valence-electron chi connectivity index (χ4n) is 2.01. The highest BCUT2D eigenvalue weighted by Gasteiger charge is 2.09. The van der Waals surface area contributed by atoms with Gasteiger partial charge in [-0.3, -0.25) is 4.79 Å². The maximum Gasteiger partial charge on any atom is 0.248 e. The van der Waals surface area contributed by atoms with E-state index in [1.807, 2.05) is 44.2 Å². The van der Waals surface area contributed by atoms with Crippen molar-refractivity contribution >= 4 is 5.91 Å². The summed E-state index contributed by atoms with van der Waals surface area (Å²) >= 11 is 0. The molecule has 0 saturated carbocycles. The zero-order valence-corrected chi connectivity index (χ0v) is 10.0. The number of hydrogen-bond acceptors (Lipinski definition) is 1. The molecule has 2 aromatic rings. The number of hydrogen-bond donors (Lipinski definition) is 1. The number of nitrogens with two attached hydrogens (primary N) is 1. The molecular weight excluding hydrogens is 210 g/mol. The first kappa shape index (κ1) is 11.4. The summed E-state index contributed by atoms with van der Waals surface area (Å²) in [6.45, 7) is 3.90. The van der Waals surface area contributed by atoms with Gasteiger partial charge in [0.1, 0.15) is 0 Å². The van der Waals surface area contributed by atoms with Crippen molar-refractivity contribution in [3.8, 4) is 11.1 Å². The van der Waals surface area contributed by atoms with E-state index in [-0.39, 0.29) is 5.91 Å². The molecule has 0 unspecified atom stereocenters. The van der Waals surface area contributed by atoms with Gasteiger partial charge in [-0.2, -0.15) is 0 Å². The maximum absolute atomic E-state index is 11.2. The smallest absolute Gasteiger partial charge is 0.248 e. The highest BCUT2D eigenvalue weighted by molar-refractivity contribution is 5.95. The van der Waals surface area contributed by atoms with E-state index in [1.165, 1.54) is 0 Å². The van der Waals surface area contributed by atoms with E-state index in [0.29, 0.717) is 5.56 Å². The largest absolute Gasteiger partial charge is 0.366 e. The van der Waals surface area contributed by atoms with Crippen molar-refractivity contribution in [2.24, 2.45) is 5.73 Å². The molecule has 0 aliphatic carbocycles. The van der Waals surface area contributed by atoms with Crippen molar-refractivity contribution in [1.29, 1.82) is 0 Å². The third-order valence-electron chi connectivity index (χ3n) is 2.92. The molecule has 0 aromatic heterocycles. The van der Waals surface area contributed by atoms with Crippen LogP contribution >= 0.6 is 0 Å². The Bertz CT molecular complexity index is 559. The van der Waals surface area contributed by atoms with Crippen molar-refractivity contribution in [1.82, 2.24) is 0 Å². The molecule has 2 aromatic carbocycles. The topological polar surface area (TPSA) is 43.1 Å². The Morgan fingerprint density at radius 3 is 2.24 bits per heavy atom. The Labute approximate surface area is 101 Å². The van der Waals surface area contributed by atoms with Crippen molar-refractivity contribution in [2.45, 2.75) is 13.8 Å². The zero-order valence-electron chi connectivity index (χ0n) is 10.0. The van der Waals surface area contributed by atoms with Crippen LogP contribution in [0.1, 0.15) is 21.5 Å². The Kier molecular flexibility index (Phi) is 2.96. The summed E-state index contributed by atoms with van der Waals surface area (Å²) in [4.78, 5) is 11.2. The Morgan fingerprint density at radius 2 is 1.65 bits per heavy atom. The summed E-state index contributed by atoms with van der Waals surface area (Å²) in [6.07, 6.45) is 0. The molecule has 0 atom stereocenters. The maximum atomic E-state index is 11.2. The number of carbonyl (C=O) groups excluding carboxylic acids is 1. The van der Waals surface area contributed by atoms with Crippen LogP contribution in [0.5, 0.6) is 0 Å². The van der Waals surface area contributed by atoms with Crippen molar-refractivity contribution < 1.29 is 4.79 Å². The predicted octanol–water partition coefficient (Wildman–Crippen LogP) is 3.07. The molecule has 0 heterocycles. The predicted molar refractivity (Wildman–Crippen MR) is 69.9 cm³/mol. The number of aryl methyl sites for hydroxylation is 2. The highest BCUT2D eigenvalue weighted by Crippen LogP contribution is 2.26. The molecule has 0 fully saturated rings. The summed E-state index contributed by atoms with van der Waals surface area (Å²) in [5.74, 6) is -0.370. The normalized spacial score (nSPS) is 10.2. The summed E-state index contributed by atoms with van der Waals surface area (Å²) in [5, 5.41) is 0. The molecule has 2 heteroatoms. The molecule has 0 aliphatic heterocycles. The molecule has 0 spiro atoms. The summed E-state index contributed by atoms with van der Waals surface area (Å²) < 4.78 is 0. The SMILES string of the molecule is Cc1cc(-c2ccccc2)c(C)cc1C(N)=O. The first-order chi connectivity index (χ1) is 8.09. The third kappa shape index (κ3) is 2.21. The Morgan fingerprint density at radius 1 is 1.00 bits per heavy atom. The van der Waals surface area contributed by atoms with E-state index in [2.05, 4.69) is 12.1 Å². The minimum absolute atomic E-state index is 0.370. The second-order valence-corrected chi connectivity index (χ2v) is 4.21. The van der Waals surface area contributed by atoms with Crippen molar-refractivity contribution in [2.75, 3.05) is 0 Å². The van der Waals surface area contributed by atoms with E-state index in [1.54, 1.807) is 0 Å². The second-order valence-electron chi connectivity index (χ2n) is 4.21. The number of benzene rings is 2. The minimum atomic E-state index is -0.370. The number of amides is 1. The van der Waals surface area contributed by atoms with Gasteiger partial charge >= 0.3 is 0 Å². The summed E-state index contributed by atoms with van der Waals surface area (Å²) in [7, 11) is 0. The van der Waals surface area contributed by atoms with Crippen LogP contribution in [-0.2, 0) is 0 Å². The summed E-state index contributed by atoms with van der Waals surface area (Å²) in [5.41, 5.74) is 10.2. The van der Waals surface area contributed by atoms with E-state index >= 15 is 0 Å². The van der Waals surface area contributed by atoms with E-state index in [9.17, 15) is 4.79 Å². The fraction of sp³-hybridized carbons (Fsp3) is 0.133. The van der Waals surface area contributed by atoms with E-state index in [0.717, 1.165) is 22.3 Å². The van der Waals surface area contributed by atoms with Crippen LogP contribution in [0.15, 0.2) is 42.5 Å². The number of rotatable bonds is 2. The van der Waals surface area contributed by atoms with Crippen LogP contribution in [-0.4, -0.2) is 5.91 Å². The lowest BCUT2D eigenvalue weighted by molar-refractivity contribution is 0.0999. The van der Waals surface area contributed by atoms with Crippen molar-refractivity contribution in [3.63, 3.8) is 0 Å². The molecular formula is C15H15NO. The molecule has 0 bridgehead atoms. The Balaban J connectivity index is 2.58. The lowest BCUT2D eigenvalue weighted by Gasteiger charge is -2.10. The van der Waals surface area contributed by atoms with E-state index in [4.69, 9.17) is 5.73 Å². The van der Waals surface area contributed by atoms with Gasteiger partial charge in [-0.05, 0) is 42.2 Å². The standard InChI is InChI=1S/C15H15NO/c1-10-9-14(15(16)17)11(2)8-13(10)12-6-4-3-5-7-12/h3-9H,1-2H3,(H2,16,17). The van der Waals surface area contributed by atoms with Gasteiger partial charge < -0.3 is 5.73 Å². The first-order valence-electron chi connectivity index (χ1n) is 5.56. The summed E-state index contributed by atoms with van der Waals surface area (Å²) in [6, 6.07) is 14.0. The number of carbonyl (C=O) groups is 1. The van der Waals surface area contributed by atoms with Crippen molar-refractivity contribution in [3.05, 3.63) is 59.2 Å². The Hall–Kier alpha value is -2.09. The van der Waals surface area contributed by atoms with Gasteiger partial charge in [0, 0.05) is 5.56 Å². The monoisotopic (exact) mass is 225 g/mol. The lowest BCUT2D eigenvalue weighted by Crippen LogP contribution is -2.13. The quantitative estimate of drug-likeness (QED) is 0.838. The van der Waals surface area contributed by atoms with Crippen LogP contribution in [0.25, 0.3) is 11.1 Å². The van der Waals surface area contributed by atoms with Crippen LogP contribution in [0.3, 0.4) is 0 Å². The molecule has 2 nitrogen and oxygen atoms in total. The minimum Gasteiger partial charge on any atom is -0.366 e. The van der Waals surface area contributed by atoms with Gasteiger partial charge in [0.2, 0.25) is 5.91 Å². The van der Waals surface area contributed by atoms with E-state index < -0.39 is 0 Å². The molecule has 0 saturated heterocycles. The molecule has 17 heavy (non-hydrogen) atoms. The van der Waals surface area contributed by atoms with Crippen LogP contribution in [0.4, 0.5) is 0 Å². The molecule has 2 rings (SSSR count). The molecule has 86 valence electrons. The van der Waals surface area contributed by atoms with Crippen LogP contribution < -0.4 is 5.73 Å². The molecule has 0 radical (unpaired) electrons. The van der Waals surface area contributed by atoms with Gasteiger partial charge in [0.05, 0.1) is 0 Å². The van der Waals surface area contributed by atoms with Gasteiger partial charge in [-0.15, -0.1) is 0 Å². The van der Waals surface area contributed by atoms with Crippen LogP contribution in [0.2, 0.25) is 0 Å². The molecule has 2 N–H and O–H groups in total. The second kappa shape index (κ2) is 4.42. The average molecular weight is 225 g/mol. The van der Waals surface area contributed by atoms with Gasteiger partial charge in [-0.25, -0.2) is 0 Å². The average Bonchev–Trinajstić information content (AvgIpc) is 2.32. The fourth-order valence-corrected chi connectivity index (χ4v) is 2.01. The molecule has 1 amide bonds. The van der Waals surface area contributed by atoms with Gasteiger partial charge in [-0.1, -0.05) is 36.4 Å².